The van der Waals surface area contributed by atoms with Crippen molar-refractivity contribution in [3.05, 3.63) is 4.88 Å². The third-order valence-corrected chi connectivity index (χ3v) is 4.73. The van der Waals surface area contributed by atoms with Crippen molar-refractivity contribution < 1.29 is 9.90 Å². The largest absolute Gasteiger partial charge is 0.396 e. The minimum absolute atomic E-state index is 0.0542. The second-order valence-corrected chi connectivity index (χ2v) is 6.58. The molecule has 0 bridgehead atoms. The highest BCUT2D eigenvalue weighted by atomic mass is 32.1. The van der Waals surface area contributed by atoms with Crippen molar-refractivity contribution in [3.8, 4) is 0 Å². The average Bonchev–Trinajstić information content (AvgIpc) is 2.80. The number of hydrogen-bond acceptors (Lipinski definition) is 6. The molecule has 0 saturated carbocycles. The standard InChI is InChI=1S/C14H26N4O2S/c1-5-14(6-2,8-19)7-16-12(20)10-11(15)18-13(21-10)17-9(3)4/h9,19H,5-8,15H2,1-4H3,(H,16,20)(H,17,18). The number of rotatable bonds is 8. The summed E-state index contributed by atoms with van der Waals surface area (Å²) in [6.07, 6.45) is 1.61. The average molecular weight is 314 g/mol. The van der Waals surface area contributed by atoms with E-state index in [2.05, 4.69) is 15.6 Å². The van der Waals surface area contributed by atoms with E-state index in [1.807, 2.05) is 27.7 Å². The van der Waals surface area contributed by atoms with E-state index in [1.165, 1.54) is 11.3 Å². The van der Waals surface area contributed by atoms with Gasteiger partial charge in [-0.05, 0) is 26.7 Å². The zero-order chi connectivity index (χ0) is 16.0. The molecule has 1 amide bonds. The highest BCUT2D eigenvalue weighted by Crippen LogP contribution is 2.27. The van der Waals surface area contributed by atoms with Crippen molar-refractivity contribution in [1.82, 2.24) is 10.3 Å². The molecule has 5 N–H and O–H groups in total. The van der Waals surface area contributed by atoms with E-state index in [9.17, 15) is 9.90 Å². The van der Waals surface area contributed by atoms with Gasteiger partial charge in [-0.15, -0.1) is 0 Å². The summed E-state index contributed by atoms with van der Waals surface area (Å²) in [6, 6.07) is 0.230. The van der Waals surface area contributed by atoms with Crippen molar-refractivity contribution >= 4 is 28.2 Å². The Morgan fingerprint density at radius 2 is 2.05 bits per heavy atom. The number of aliphatic hydroxyl groups is 1. The van der Waals surface area contributed by atoms with Crippen LogP contribution in [0.5, 0.6) is 0 Å². The van der Waals surface area contributed by atoms with Crippen molar-refractivity contribution in [2.24, 2.45) is 5.41 Å². The monoisotopic (exact) mass is 314 g/mol. The molecule has 7 heteroatoms. The van der Waals surface area contributed by atoms with Crippen LogP contribution in [0.15, 0.2) is 0 Å². The summed E-state index contributed by atoms with van der Waals surface area (Å²) in [7, 11) is 0. The molecule has 21 heavy (non-hydrogen) atoms. The molecule has 1 aromatic heterocycles. The molecule has 1 aromatic rings. The van der Waals surface area contributed by atoms with Crippen LogP contribution in [0.4, 0.5) is 10.9 Å². The zero-order valence-electron chi connectivity index (χ0n) is 13.2. The maximum Gasteiger partial charge on any atom is 0.265 e. The lowest BCUT2D eigenvalue weighted by molar-refractivity contribution is 0.0855. The topological polar surface area (TPSA) is 100 Å². The summed E-state index contributed by atoms with van der Waals surface area (Å²) in [5, 5.41) is 16.2. The van der Waals surface area contributed by atoms with Crippen molar-refractivity contribution in [2.75, 3.05) is 24.2 Å². The first-order valence-corrected chi connectivity index (χ1v) is 8.11. The number of aliphatic hydroxyl groups excluding tert-OH is 1. The molecule has 0 aliphatic rings. The second kappa shape index (κ2) is 7.61. The van der Waals surface area contributed by atoms with Crippen LogP contribution in [0.2, 0.25) is 0 Å². The minimum Gasteiger partial charge on any atom is -0.396 e. The lowest BCUT2D eigenvalue weighted by Crippen LogP contribution is -2.39. The normalized spacial score (nSPS) is 11.7. The van der Waals surface area contributed by atoms with Crippen LogP contribution in [0, 0.1) is 5.41 Å². The Hall–Kier alpha value is -1.34. The van der Waals surface area contributed by atoms with Gasteiger partial charge in [-0.3, -0.25) is 4.79 Å². The first-order chi connectivity index (χ1) is 9.87. The number of carbonyl (C=O) groups excluding carboxylic acids is 1. The number of carbonyl (C=O) groups is 1. The molecule has 0 saturated heterocycles. The Balaban J connectivity index is 2.74. The highest BCUT2D eigenvalue weighted by Gasteiger charge is 2.27. The van der Waals surface area contributed by atoms with Crippen LogP contribution in [-0.4, -0.2) is 35.2 Å². The van der Waals surface area contributed by atoms with E-state index in [-0.39, 0.29) is 29.8 Å². The quantitative estimate of drug-likeness (QED) is 0.588. The Kier molecular flexibility index (Phi) is 6.42. The number of nitrogens with one attached hydrogen (secondary N) is 2. The Morgan fingerprint density at radius 1 is 1.43 bits per heavy atom. The van der Waals surface area contributed by atoms with Crippen LogP contribution in [0.3, 0.4) is 0 Å². The zero-order valence-corrected chi connectivity index (χ0v) is 14.0. The van der Waals surface area contributed by atoms with Gasteiger partial charge in [-0.2, -0.15) is 0 Å². The first-order valence-electron chi connectivity index (χ1n) is 7.29. The molecule has 0 fully saturated rings. The summed E-state index contributed by atoms with van der Waals surface area (Å²) in [4.78, 5) is 16.8. The molecular weight excluding hydrogens is 288 g/mol. The summed E-state index contributed by atoms with van der Waals surface area (Å²) >= 11 is 1.25. The number of hydrogen-bond donors (Lipinski definition) is 4. The number of nitrogen functional groups attached to an aromatic ring is 1. The predicted molar refractivity (Wildman–Crippen MR) is 87.7 cm³/mol. The van der Waals surface area contributed by atoms with Gasteiger partial charge < -0.3 is 21.5 Å². The molecule has 0 aliphatic carbocycles. The Bertz CT molecular complexity index is 461. The van der Waals surface area contributed by atoms with Gasteiger partial charge >= 0.3 is 0 Å². The second-order valence-electron chi connectivity index (χ2n) is 5.58. The van der Waals surface area contributed by atoms with E-state index in [0.717, 1.165) is 12.8 Å². The highest BCUT2D eigenvalue weighted by molar-refractivity contribution is 7.18. The molecule has 0 unspecified atom stereocenters. The maximum absolute atomic E-state index is 12.2. The SMILES string of the molecule is CCC(CC)(CO)CNC(=O)c1sc(NC(C)C)nc1N. The fraction of sp³-hybridized carbons (Fsp3) is 0.714. The summed E-state index contributed by atoms with van der Waals surface area (Å²) in [5.74, 6) is 0.00442. The number of thiazole rings is 1. The van der Waals surface area contributed by atoms with Crippen LogP contribution < -0.4 is 16.4 Å². The Labute approximate surface area is 130 Å². The predicted octanol–water partition coefficient (Wildman–Crippen LogP) is 2.07. The van der Waals surface area contributed by atoms with E-state index < -0.39 is 0 Å². The third-order valence-electron chi connectivity index (χ3n) is 3.73. The van der Waals surface area contributed by atoms with E-state index in [4.69, 9.17) is 5.73 Å². The molecule has 0 spiro atoms. The van der Waals surface area contributed by atoms with Crippen molar-refractivity contribution in [2.45, 2.75) is 46.6 Å². The molecular formula is C14H26N4O2S. The molecule has 120 valence electrons. The van der Waals surface area contributed by atoms with Gasteiger partial charge in [0.05, 0.1) is 6.61 Å². The van der Waals surface area contributed by atoms with Crippen molar-refractivity contribution in [1.29, 1.82) is 0 Å². The summed E-state index contributed by atoms with van der Waals surface area (Å²) in [6.45, 7) is 8.50. The molecule has 0 atom stereocenters. The van der Waals surface area contributed by atoms with Crippen LogP contribution in [-0.2, 0) is 0 Å². The van der Waals surface area contributed by atoms with Crippen molar-refractivity contribution in [3.63, 3.8) is 0 Å². The van der Waals surface area contributed by atoms with Crippen LogP contribution in [0.1, 0.15) is 50.2 Å². The maximum atomic E-state index is 12.2. The lowest BCUT2D eigenvalue weighted by atomic mass is 9.83. The summed E-state index contributed by atoms with van der Waals surface area (Å²) < 4.78 is 0. The molecule has 1 rings (SSSR count). The summed E-state index contributed by atoms with van der Waals surface area (Å²) in [5.41, 5.74) is 5.53. The minimum atomic E-state index is -0.270. The fourth-order valence-electron chi connectivity index (χ4n) is 1.93. The first kappa shape index (κ1) is 17.7. The molecule has 6 nitrogen and oxygen atoms in total. The lowest BCUT2D eigenvalue weighted by Gasteiger charge is -2.29. The number of nitrogens with two attached hydrogens (primary N) is 1. The van der Waals surface area contributed by atoms with E-state index in [1.54, 1.807) is 0 Å². The van der Waals surface area contributed by atoms with E-state index in [0.29, 0.717) is 16.6 Å². The fourth-order valence-corrected chi connectivity index (χ4v) is 2.88. The molecule has 0 aliphatic heterocycles. The number of anilines is 2. The number of amides is 1. The molecule has 0 aromatic carbocycles. The smallest absolute Gasteiger partial charge is 0.265 e. The number of aromatic nitrogens is 1. The molecule has 0 radical (unpaired) electrons. The third kappa shape index (κ3) is 4.57. The number of nitrogens with zero attached hydrogens (tertiary/aromatic N) is 1. The van der Waals surface area contributed by atoms with Gasteiger partial charge in [-0.1, -0.05) is 25.2 Å². The van der Waals surface area contributed by atoms with Gasteiger partial charge in [0.15, 0.2) is 5.13 Å². The Morgan fingerprint density at radius 3 is 2.52 bits per heavy atom. The van der Waals surface area contributed by atoms with Gasteiger partial charge in [0.1, 0.15) is 10.7 Å². The van der Waals surface area contributed by atoms with Gasteiger partial charge in [-0.25, -0.2) is 4.98 Å². The van der Waals surface area contributed by atoms with Gasteiger partial charge in [0.2, 0.25) is 0 Å². The van der Waals surface area contributed by atoms with Gasteiger partial charge in [0, 0.05) is 18.0 Å². The van der Waals surface area contributed by atoms with E-state index >= 15 is 0 Å². The molecule has 1 heterocycles. The van der Waals surface area contributed by atoms with Crippen LogP contribution >= 0.6 is 11.3 Å². The van der Waals surface area contributed by atoms with Crippen LogP contribution in [0.25, 0.3) is 0 Å². The van der Waals surface area contributed by atoms with Gasteiger partial charge in [0.25, 0.3) is 5.91 Å².